The molecule has 0 bridgehead atoms. The molecule has 0 saturated heterocycles. The Kier molecular flexibility index (Phi) is 6.73. The monoisotopic (exact) mass is 258 g/mol. The number of carboxylic acids is 1. The van der Waals surface area contributed by atoms with Crippen molar-refractivity contribution in [1.29, 1.82) is 0 Å². The predicted octanol–water partition coefficient (Wildman–Crippen LogP) is 2.32. The predicted molar refractivity (Wildman–Crippen MR) is 71.6 cm³/mol. The molecule has 2 amide bonds. The molecule has 0 heterocycles. The number of nitrogens with zero attached hydrogens (tertiary/aromatic N) is 1. The van der Waals surface area contributed by atoms with Gasteiger partial charge in [0.1, 0.15) is 0 Å². The Bertz CT molecular complexity index is 288. The maximum atomic E-state index is 12.1. The minimum atomic E-state index is -0.880. The lowest BCUT2D eigenvalue weighted by Gasteiger charge is -2.32. The van der Waals surface area contributed by atoms with E-state index in [1.165, 1.54) is 0 Å². The average molecular weight is 258 g/mol. The third kappa shape index (κ3) is 4.94. The van der Waals surface area contributed by atoms with Crippen molar-refractivity contribution in [2.75, 3.05) is 13.1 Å². The highest BCUT2D eigenvalue weighted by atomic mass is 16.4. The summed E-state index contributed by atoms with van der Waals surface area (Å²) in [6.45, 7) is 10.3. The van der Waals surface area contributed by atoms with Crippen molar-refractivity contribution < 1.29 is 14.7 Å². The van der Waals surface area contributed by atoms with Crippen LogP contribution in [0.4, 0.5) is 4.79 Å². The second-order valence-corrected chi connectivity index (χ2v) is 4.98. The van der Waals surface area contributed by atoms with Crippen molar-refractivity contribution in [3.05, 3.63) is 0 Å². The van der Waals surface area contributed by atoms with Crippen LogP contribution in [0.2, 0.25) is 0 Å². The highest BCUT2D eigenvalue weighted by Gasteiger charge is 2.26. The molecule has 0 fully saturated rings. The largest absolute Gasteiger partial charge is 0.481 e. The van der Waals surface area contributed by atoms with Gasteiger partial charge in [-0.25, -0.2) is 4.79 Å². The molecule has 1 atom stereocenters. The molecule has 1 unspecified atom stereocenters. The van der Waals surface area contributed by atoms with Gasteiger partial charge in [0.15, 0.2) is 0 Å². The summed E-state index contributed by atoms with van der Waals surface area (Å²) in [6.07, 6.45) is 1.70. The van der Waals surface area contributed by atoms with Gasteiger partial charge in [-0.05, 0) is 26.7 Å². The standard InChI is InChI=1S/C13H26N2O3/c1-6-13(5,7-2)14-12(18)15(8-3)9-10(4)11(16)17/h10H,6-9H2,1-5H3,(H,14,18)(H,16,17). The molecule has 0 aliphatic carbocycles. The van der Waals surface area contributed by atoms with E-state index in [0.717, 1.165) is 12.8 Å². The zero-order chi connectivity index (χ0) is 14.3. The molecule has 0 aromatic heterocycles. The van der Waals surface area contributed by atoms with Crippen LogP contribution in [0, 0.1) is 5.92 Å². The first-order valence-electron chi connectivity index (χ1n) is 6.59. The molecule has 0 aliphatic rings. The Balaban J connectivity index is 4.57. The van der Waals surface area contributed by atoms with E-state index in [1.807, 2.05) is 27.7 Å². The second-order valence-electron chi connectivity index (χ2n) is 4.98. The van der Waals surface area contributed by atoms with E-state index < -0.39 is 11.9 Å². The van der Waals surface area contributed by atoms with E-state index in [2.05, 4.69) is 5.32 Å². The highest BCUT2D eigenvalue weighted by molar-refractivity contribution is 5.76. The van der Waals surface area contributed by atoms with Gasteiger partial charge in [0.25, 0.3) is 0 Å². The smallest absolute Gasteiger partial charge is 0.317 e. The zero-order valence-electron chi connectivity index (χ0n) is 12.1. The van der Waals surface area contributed by atoms with Crippen LogP contribution in [0.3, 0.4) is 0 Å². The first kappa shape index (κ1) is 16.7. The summed E-state index contributed by atoms with van der Waals surface area (Å²) < 4.78 is 0. The molecule has 5 heteroatoms. The molecular weight excluding hydrogens is 232 g/mol. The van der Waals surface area contributed by atoms with Gasteiger partial charge in [0.2, 0.25) is 0 Å². The molecule has 0 saturated carbocycles. The molecule has 0 spiro atoms. The number of hydrogen-bond donors (Lipinski definition) is 2. The number of carbonyl (C=O) groups is 2. The van der Waals surface area contributed by atoms with E-state index in [0.29, 0.717) is 6.54 Å². The normalized spacial score (nSPS) is 12.9. The molecule has 0 rings (SSSR count). The second kappa shape index (κ2) is 7.24. The van der Waals surface area contributed by atoms with Crippen molar-refractivity contribution in [2.24, 2.45) is 5.92 Å². The van der Waals surface area contributed by atoms with Crippen molar-refractivity contribution >= 4 is 12.0 Å². The molecule has 0 aliphatic heterocycles. The number of carbonyl (C=O) groups excluding carboxylic acids is 1. The lowest BCUT2D eigenvalue weighted by Crippen LogP contribution is -2.52. The maximum Gasteiger partial charge on any atom is 0.317 e. The molecule has 0 aromatic carbocycles. The summed E-state index contributed by atoms with van der Waals surface area (Å²) in [6, 6.07) is -0.184. The van der Waals surface area contributed by atoms with E-state index >= 15 is 0 Å². The fourth-order valence-electron chi connectivity index (χ4n) is 1.53. The minimum absolute atomic E-state index is 0.184. The number of nitrogens with one attached hydrogen (secondary N) is 1. The fourth-order valence-corrected chi connectivity index (χ4v) is 1.53. The first-order valence-corrected chi connectivity index (χ1v) is 6.59. The Morgan fingerprint density at radius 3 is 2.11 bits per heavy atom. The summed E-state index contributed by atoms with van der Waals surface area (Å²) >= 11 is 0. The fraction of sp³-hybridized carbons (Fsp3) is 0.846. The average Bonchev–Trinajstić information content (AvgIpc) is 2.34. The topological polar surface area (TPSA) is 69.6 Å². The Morgan fingerprint density at radius 1 is 1.28 bits per heavy atom. The first-order chi connectivity index (χ1) is 8.29. The Labute approximate surface area is 110 Å². The van der Waals surface area contributed by atoms with Crippen LogP contribution in [-0.2, 0) is 4.79 Å². The van der Waals surface area contributed by atoms with Gasteiger partial charge in [-0.15, -0.1) is 0 Å². The number of rotatable bonds is 7. The maximum absolute atomic E-state index is 12.1. The van der Waals surface area contributed by atoms with Crippen molar-refractivity contribution in [3.63, 3.8) is 0 Å². The summed E-state index contributed by atoms with van der Waals surface area (Å²) in [5.74, 6) is -1.43. The van der Waals surface area contributed by atoms with Gasteiger partial charge in [-0.1, -0.05) is 20.8 Å². The Morgan fingerprint density at radius 2 is 1.78 bits per heavy atom. The van der Waals surface area contributed by atoms with Crippen LogP contribution in [0.25, 0.3) is 0 Å². The van der Waals surface area contributed by atoms with E-state index in [9.17, 15) is 9.59 Å². The molecular formula is C13H26N2O3. The number of aliphatic carboxylic acids is 1. The van der Waals surface area contributed by atoms with Crippen molar-refractivity contribution in [1.82, 2.24) is 10.2 Å². The summed E-state index contributed by atoms with van der Waals surface area (Å²) in [5, 5.41) is 11.9. The minimum Gasteiger partial charge on any atom is -0.481 e. The number of hydrogen-bond acceptors (Lipinski definition) is 2. The van der Waals surface area contributed by atoms with E-state index in [1.54, 1.807) is 11.8 Å². The van der Waals surface area contributed by atoms with E-state index in [-0.39, 0.29) is 18.1 Å². The quantitative estimate of drug-likeness (QED) is 0.736. The molecule has 18 heavy (non-hydrogen) atoms. The molecule has 2 N–H and O–H groups in total. The lowest BCUT2D eigenvalue weighted by atomic mass is 9.96. The van der Waals surface area contributed by atoms with Gasteiger partial charge < -0.3 is 15.3 Å². The van der Waals surface area contributed by atoms with E-state index in [4.69, 9.17) is 5.11 Å². The van der Waals surface area contributed by atoms with Crippen molar-refractivity contribution in [3.8, 4) is 0 Å². The summed E-state index contributed by atoms with van der Waals surface area (Å²) in [7, 11) is 0. The summed E-state index contributed by atoms with van der Waals surface area (Å²) in [5.41, 5.74) is -0.225. The lowest BCUT2D eigenvalue weighted by molar-refractivity contribution is -0.141. The van der Waals surface area contributed by atoms with Crippen LogP contribution in [0.15, 0.2) is 0 Å². The number of amides is 2. The van der Waals surface area contributed by atoms with Gasteiger partial charge in [0, 0.05) is 18.6 Å². The SMILES string of the molecule is CCN(CC(C)C(=O)O)C(=O)NC(C)(CC)CC. The zero-order valence-corrected chi connectivity index (χ0v) is 12.1. The van der Waals surface area contributed by atoms with Crippen molar-refractivity contribution in [2.45, 2.75) is 53.0 Å². The summed E-state index contributed by atoms with van der Waals surface area (Å²) in [4.78, 5) is 24.4. The van der Waals surface area contributed by atoms with Gasteiger partial charge in [-0.3, -0.25) is 4.79 Å². The highest BCUT2D eigenvalue weighted by Crippen LogP contribution is 2.14. The van der Waals surface area contributed by atoms with Crippen LogP contribution < -0.4 is 5.32 Å². The number of carboxylic acid groups (broad SMARTS) is 1. The third-order valence-electron chi connectivity index (χ3n) is 3.55. The third-order valence-corrected chi connectivity index (χ3v) is 3.55. The molecule has 5 nitrogen and oxygen atoms in total. The Hall–Kier alpha value is -1.26. The van der Waals surface area contributed by atoms with Crippen LogP contribution in [0.1, 0.15) is 47.5 Å². The van der Waals surface area contributed by atoms with Gasteiger partial charge >= 0.3 is 12.0 Å². The van der Waals surface area contributed by atoms with Crippen LogP contribution in [0.5, 0.6) is 0 Å². The molecule has 0 radical (unpaired) electrons. The van der Waals surface area contributed by atoms with Crippen LogP contribution in [-0.4, -0.2) is 40.6 Å². The van der Waals surface area contributed by atoms with Gasteiger partial charge in [0.05, 0.1) is 5.92 Å². The molecule has 106 valence electrons. The van der Waals surface area contributed by atoms with Gasteiger partial charge in [-0.2, -0.15) is 0 Å². The molecule has 0 aromatic rings. The number of urea groups is 1. The van der Waals surface area contributed by atoms with Crippen LogP contribution >= 0.6 is 0 Å².